The summed E-state index contributed by atoms with van der Waals surface area (Å²) in [6.45, 7) is 13.5. The standard InChI is InChI=1S/C18H33N3O2S.HI/c1-6-19-17(20-10-15(22)12-23-11-14(2)3)21-13-18(4,5)16-8-7-9-24-16;/h7-9,14-15,22H,6,10-13H2,1-5H3,(H2,19,20,21);1H. The second-order valence-electron chi connectivity index (χ2n) is 7.02. The molecule has 1 aromatic heterocycles. The summed E-state index contributed by atoms with van der Waals surface area (Å²) in [6, 6.07) is 4.22. The Kier molecular flexibility index (Phi) is 12.7. The van der Waals surface area contributed by atoms with E-state index in [1.807, 2.05) is 6.92 Å². The summed E-state index contributed by atoms with van der Waals surface area (Å²) >= 11 is 1.76. The molecule has 0 aromatic carbocycles. The third-order valence-corrected chi connectivity index (χ3v) is 4.67. The van der Waals surface area contributed by atoms with E-state index in [1.165, 1.54) is 4.88 Å². The highest BCUT2D eigenvalue weighted by Crippen LogP contribution is 2.27. The number of aliphatic hydroxyl groups excluding tert-OH is 1. The van der Waals surface area contributed by atoms with Crippen molar-refractivity contribution >= 4 is 41.3 Å². The van der Waals surface area contributed by atoms with E-state index < -0.39 is 6.10 Å². The normalized spacial score (nSPS) is 13.5. The Labute approximate surface area is 173 Å². The van der Waals surface area contributed by atoms with E-state index in [-0.39, 0.29) is 29.4 Å². The van der Waals surface area contributed by atoms with Gasteiger partial charge in [-0.3, -0.25) is 4.99 Å². The van der Waals surface area contributed by atoms with E-state index in [4.69, 9.17) is 4.74 Å². The van der Waals surface area contributed by atoms with Crippen molar-refractivity contribution in [3.63, 3.8) is 0 Å². The molecule has 0 saturated carbocycles. The zero-order valence-electron chi connectivity index (χ0n) is 16.0. The largest absolute Gasteiger partial charge is 0.389 e. The van der Waals surface area contributed by atoms with Gasteiger partial charge in [0.25, 0.3) is 0 Å². The predicted octanol–water partition coefficient (Wildman–Crippen LogP) is 3.23. The first-order chi connectivity index (χ1) is 11.3. The molecule has 0 aliphatic carbocycles. The van der Waals surface area contributed by atoms with Gasteiger partial charge in [-0.1, -0.05) is 33.8 Å². The summed E-state index contributed by atoms with van der Waals surface area (Å²) in [4.78, 5) is 5.99. The second kappa shape index (κ2) is 12.9. The Morgan fingerprint density at radius 2 is 2.04 bits per heavy atom. The molecule has 1 heterocycles. The molecule has 0 spiro atoms. The van der Waals surface area contributed by atoms with Crippen LogP contribution in [0.4, 0.5) is 0 Å². The Hall–Kier alpha value is -0.380. The number of thiophene rings is 1. The van der Waals surface area contributed by atoms with Crippen LogP contribution in [0.3, 0.4) is 0 Å². The number of nitrogens with one attached hydrogen (secondary N) is 2. The first-order valence-corrected chi connectivity index (χ1v) is 9.55. The van der Waals surface area contributed by atoms with Crippen molar-refractivity contribution in [3.05, 3.63) is 22.4 Å². The molecule has 146 valence electrons. The minimum Gasteiger partial charge on any atom is -0.389 e. The van der Waals surface area contributed by atoms with Gasteiger partial charge in [0.15, 0.2) is 5.96 Å². The van der Waals surface area contributed by atoms with Gasteiger partial charge in [0.1, 0.15) is 0 Å². The van der Waals surface area contributed by atoms with Gasteiger partial charge < -0.3 is 20.5 Å². The third kappa shape index (κ3) is 10.4. The zero-order valence-corrected chi connectivity index (χ0v) is 19.2. The molecule has 1 aromatic rings. The van der Waals surface area contributed by atoms with Crippen LogP contribution < -0.4 is 10.6 Å². The number of ether oxygens (including phenoxy) is 1. The van der Waals surface area contributed by atoms with Crippen molar-refractivity contribution in [1.82, 2.24) is 10.6 Å². The molecule has 7 heteroatoms. The van der Waals surface area contributed by atoms with Crippen molar-refractivity contribution in [2.24, 2.45) is 10.9 Å². The van der Waals surface area contributed by atoms with Crippen molar-refractivity contribution in [3.8, 4) is 0 Å². The number of aliphatic imine (C=N–C) groups is 1. The molecule has 0 amide bonds. The zero-order chi connectivity index (χ0) is 18.0. The number of hydrogen-bond donors (Lipinski definition) is 3. The lowest BCUT2D eigenvalue weighted by Crippen LogP contribution is -2.43. The minimum absolute atomic E-state index is 0. The maximum Gasteiger partial charge on any atom is 0.191 e. The lowest BCUT2D eigenvalue weighted by Gasteiger charge is -2.22. The summed E-state index contributed by atoms with van der Waals surface area (Å²) in [5, 5.41) is 18.5. The van der Waals surface area contributed by atoms with Gasteiger partial charge in [0, 0.05) is 30.0 Å². The molecular formula is C18H34IN3O2S. The van der Waals surface area contributed by atoms with Crippen LogP contribution >= 0.6 is 35.3 Å². The quantitative estimate of drug-likeness (QED) is 0.272. The van der Waals surface area contributed by atoms with Crippen LogP contribution in [0.25, 0.3) is 0 Å². The summed E-state index contributed by atoms with van der Waals surface area (Å²) in [5.74, 6) is 1.20. The summed E-state index contributed by atoms with van der Waals surface area (Å²) in [5.41, 5.74) is -0.00445. The first-order valence-electron chi connectivity index (χ1n) is 8.67. The Morgan fingerprint density at radius 1 is 1.32 bits per heavy atom. The molecule has 0 bridgehead atoms. The summed E-state index contributed by atoms with van der Waals surface area (Å²) in [6.07, 6.45) is -0.544. The topological polar surface area (TPSA) is 65.9 Å². The van der Waals surface area contributed by atoms with E-state index in [2.05, 4.69) is 60.8 Å². The van der Waals surface area contributed by atoms with Crippen LogP contribution in [0, 0.1) is 5.92 Å². The Bertz CT molecular complexity index is 479. The van der Waals surface area contributed by atoms with Gasteiger partial charge in [-0.15, -0.1) is 35.3 Å². The van der Waals surface area contributed by atoms with Gasteiger partial charge in [-0.05, 0) is 24.3 Å². The number of nitrogens with zero attached hydrogens (tertiary/aromatic N) is 1. The maximum atomic E-state index is 9.99. The molecule has 25 heavy (non-hydrogen) atoms. The van der Waals surface area contributed by atoms with Crippen LogP contribution in [0.5, 0.6) is 0 Å². The van der Waals surface area contributed by atoms with Crippen LogP contribution in [0.15, 0.2) is 22.5 Å². The van der Waals surface area contributed by atoms with Crippen molar-refractivity contribution in [2.45, 2.75) is 46.1 Å². The van der Waals surface area contributed by atoms with E-state index in [1.54, 1.807) is 11.3 Å². The van der Waals surface area contributed by atoms with Crippen LogP contribution in [0.2, 0.25) is 0 Å². The van der Waals surface area contributed by atoms with Gasteiger partial charge in [0.2, 0.25) is 0 Å². The molecule has 0 saturated heterocycles. The second-order valence-corrected chi connectivity index (χ2v) is 7.97. The van der Waals surface area contributed by atoms with Gasteiger partial charge in [0.05, 0.1) is 19.3 Å². The van der Waals surface area contributed by atoms with E-state index in [0.717, 1.165) is 12.5 Å². The fraction of sp³-hybridized carbons (Fsp3) is 0.722. The highest BCUT2D eigenvalue weighted by Gasteiger charge is 2.21. The lowest BCUT2D eigenvalue weighted by molar-refractivity contribution is 0.0280. The van der Waals surface area contributed by atoms with Gasteiger partial charge >= 0.3 is 0 Å². The average Bonchev–Trinajstić information content (AvgIpc) is 3.05. The lowest BCUT2D eigenvalue weighted by atomic mass is 9.92. The fourth-order valence-corrected chi connectivity index (χ4v) is 2.92. The maximum absolute atomic E-state index is 9.99. The van der Waals surface area contributed by atoms with Crippen molar-refractivity contribution < 1.29 is 9.84 Å². The van der Waals surface area contributed by atoms with E-state index in [9.17, 15) is 5.11 Å². The monoisotopic (exact) mass is 483 g/mol. The molecule has 0 radical (unpaired) electrons. The van der Waals surface area contributed by atoms with E-state index >= 15 is 0 Å². The van der Waals surface area contributed by atoms with Crippen LogP contribution in [0.1, 0.15) is 39.5 Å². The summed E-state index contributed by atoms with van der Waals surface area (Å²) < 4.78 is 5.46. The molecule has 1 atom stereocenters. The molecule has 0 aliphatic rings. The molecule has 1 unspecified atom stereocenters. The summed E-state index contributed by atoms with van der Waals surface area (Å²) in [7, 11) is 0. The number of rotatable bonds is 10. The molecule has 5 nitrogen and oxygen atoms in total. The molecule has 3 N–H and O–H groups in total. The third-order valence-electron chi connectivity index (χ3n) is 3.43. The number of halogens is 1. The van der Waals surface area contributed by atoms with Crippen LogP contribution in [-0.2, 0) is 10.2 Å². The van der Waals surface area contributed by atoms with E-state index in [0.29, 0.717) is 32.2 Å². The van der Waals surface area contributed by atoms with Gasteiger partial charge in [-0.2, -0.15) is 0 Å². The first kappa shape index (κ1) is 24.6. The Balaban J connectivity index is 0.00000576. The fourth-order valence-electron chi connectivity index (χ4n) is 2.07. The van der Waals surface area contributed by atoms with Gasteiger partial charge in [-0.25, -0.2) is 0 Å². The molecular weight excluding hydrogens is 449 g/mol. The van der Waals surface area contributed by atoms with Crippen molar-refractivity contribution in [1.29, 1.82) is 0 Å². The average molecular weight is 483 g/mol. The minimum atomic E-state index is -0.544. The highest BCUT2D eigenvalue weighted by molar-refractivity contribution is 14.0. The number of aliphatic hydroxyl groups is 1. The number of guanidine groups is 1. The molecule has 1 rings (SSSR count). The SMILES string of the molecule is CCNC(=NCC(C)(C)c1cccs1)NCC(O)COCC(C)C.I. The molecule has 0 fully saturated rings. The number of hydrogen-bond acceptors (Lipinski definition) is 4. The van der Waals surface area contributed by atoms with Crippen molar-refractivity contribution in [2.75, 3.05) is 32.8 Å². The molecule has 0 aliphatic heterocycles. The predicted molar refractivity (Wildman–Crippen MR) is 118 cm³/mol. The van der Waals surface area contributed by atoms with Crippen LogP contribution in [-0.4, -0.2) is 50.0 Å². The Morgan fingerprint density at radius 3 is 2.60 bits per heavy atom. The smallest absolute Gasteiger partial charge is 0.191 e. The highest BCUT2D eigenvalue weighted by atomic mass is 127.